The minimum Gasteiger partial charge on any atom is -0.477 e. The quantitative estimate of drug-likeness (QED) is 0.782. The van der Waals surface area contributed by atoms with Crippen LogP contribution in [0.3, 0.4) is 0 Å². The Morgan fingerprint density at radius 2 is 2.05 bits per heavy atom. The molecule has 4 nitrogen and oxygen atoms in total. The van der Waals surface area contributed by atoms with Crippen molar-refractivity contribution >= 4 is 5.82 Å². The Labute approximate surface area is 122 Å². The first-order valence-corrected chi connectivity index (χ1v) is 7.87. The number of hydrogen-bond acceptors (Lipinski definition) is 4. The molecule has 0 aromatic carbocycles. The van der Waals surface area contributed by atoms with Crippen LogP contribution < -0.4 is 10.1 Å². The molecule has 2 rings (SSSR count). The van der Waals surface area contributed by atoms with Crippen molar-refractivity contribution in [3.63, 3.8) is 0 Å². The maximum atomic E-state index is 5.90. The van der Waals surface area contributed by atoms with Crippen LogP contribution in [0.1, 0.15) is 63.8 Å². The van der Waals surface area contributed by atoms with Gasteiger partial charge in [-0.15, -0.1) is 0 Å². The van der Waals surface area contributed by atoms with Crippen LogP contribution >= 0.6 is 0 Å². The predicted molar refractivity (Wildman–Crippen MR) is 82.5 cm³/mol. The van der Waals surface area contributed by atoms with E-state index < -0.39 is 0 Å². The summed E-state index contributed by atoms with van der Waals surface area (Å²) < 4.78 is 5.90. The highest BCUT2D eigenvalue weighted by Crippen LogP contribution is 2.40. The summed E-state index contributed by atoms with van der Waals surface area (Å²) in [4.78, 5) is 9.30. The Balaban J connectivity index is 2.12. The minimum atomic E-state index is 0.547. The van der Waals surface area contributed by atoms with Crippen molar-refractivity contribution < 1.29 is 4.74 Å². The lowest BCUT2D eigenvalue weighted by atomic mass is 10.1. The second-order valence-electron chi connectivity index (χ2n) is 6.09. The van der Waals surface area contributed by atoms with E-state index in [0.717, 1.165) is 49.1 Å². The normalized spacial score (nSPS) is 14.7. The average Bonchev–Trinajstić information content (AvgIpc) is 3.23. The fourth-order valence-electron chi connectivity index (χ4n) is 1.98. The molecule has 4 heteroatoms. The van der Waals surface area contributed by atoms with Gasteiger partial charge in [-0.3, -0.25) is 0 Å². The minimum absolute atomic E-state index is 0.547. The molecular formula is C16H27N3O. The highest BCUT2D eigenvalue weighted by molar-refractivity contribution is 5.49. The lowest BCUT2D eigenvalue weighted by molar-refractivity contribution is 0.276. The third-order valence-electron chi connectivity index (χ3n) is 3.54. The van der Waals surface area contributed by atoms with E-state index >= 15 is 0 Å². The molecular weight excluding hydrogens is 250 g/mol. The zero-order valence-electron chi connectivity index (χ0n) is 13.2. The summed E-state index contributed by atoms with van der Waals surface area (Å²) >= 11 is 0. The molecule has 1 aliphatic rings. The van der Waals surface area contributed by atoms with Crippen LogP contribution in [-0.2, 0) is 0 Å². The maximum absolute atomic E-state index is 5.90. The van der Waals surface area contributed by atoms with E-state index in [9.17, 15) is 0 Å². The Kier molecular flexibility index (Phi) is 5.21. The number of rotatable bonds is 8. The molecule has 20 heavy (non-hydrogen) atoms. The second kappa shape index (κ2) is 6.91. The summed E-state index contributed by atoms with van der Waals surface area (Å²) in [6.07, 6.45) is 4.56. The molecule has 0 spiro atoms. The lowest BCUT2D eigenvalue weighted by Crippen LogP contribution is -2.11. The number of ether oxygens (including phenoxy) is 1. The molecule has 1 N–H and O–H groups in total. The first kappa shape index (κ1) is 15.1. The average molecular weight is 277 g/mol. The molecule has 0 bridgehead atoms. The molecule has 1 fully saturated rings. The van der Waals surface area contributed by atoms with Crippen LogP contribution in [0.25, 0.3) is 0 Å². The number of nitrogens with one attached hydrogen (secondary N) is 1. The molecule has 0 unspecified atom stereocenters. The molecule has 112 valence electrons. The molecule has 0 saturated heterocycles. The van der Waals surface area contributed by atoms with E-state index in [1.165, 1.54) is 12.8 Å². The number of anilines is 1. The Bertz CT molecular complexity index is 442. The first-order chi connectivity index (χ1) is 9.61. The lowest BCUT2D eigenvalue weighted by Gasteiger charge is -2.14. The molecule has 1 aliphatic carbocycles. The van der Waals surface area contributed by atoms with Gasteiger partial charge in [0.05, 0.1) is 12.2 Å². The summed E-state index contributed by atoms with van der Waals surface area (Å²) in [5.74, 6) is 3.86. The third-order valence-corrected chi connectivity index (χ3v) is 3.54. The van der Waals surface area contributed by atoms with Crippen molar-refractivity contribution in [1.29, 1.82) is 0 Å². The van der Waals surface area contributed by atoms with E-state index in [1.807, 2.05) is 6.92 Å². The zero-order chi connectivity index (χ0) is 14.5. The predicted octanol–water partition coefficient (Wildman–Crippen LogP) is 3.91. The van der Waals surface area contributed by atoms with Gasteiger partial charge in [-0.2, -0.15) is 4.98 Å². The van der Waals surface area contributed by atoms with Crippen molar-refractivity contribution in [3.05, 3.63) is 11.4 Å². The maximum Gasteiger partial charge on any atom is 0.221 e. The van der Waals surface area contributed by atoms with Crippen molar-refractivity contribution in [1.82, 2.24) is 9.97 Å². The van der Waals surface area contributed by atoms with Gasteiger partial charge >= 0.3 is 0 Å². The van der Waals surface area contributed by atoms with Gasteiger partial charge in [0.2, 0.25) is 5.88 Å². The van der Waals surface area contributed by atoms with Crippen LogP contribution in [0.15, 0.2) is 0 Å². The summed E-state index contributed by atoms with van der Waals surface area (Å²) in [6.45, 7) is 10.3. The van der Waals surface area contributed by atoms with E-state index in [2.05, 4.69) is 36.1 Å². The second-order valence-corrected chi connectivity index (χ2v) is 6.09. The van der Waals surface area contributed by atoms with Gasteiger partial charge in [-0.1, -0.05) is 20.8 Å². The molecule has 0 atom stereocenters. The molecule has 0 radical (unpaired) electrons. The van der Waals surface area contributed by atoms with Crippen molar-refractivity contribution in [2.75, 3.05) is 18.5 Å². The van der Waals surface area contributed by atoms with E-state index in [1.54, 1.807) is 0 Å². The summed E-state index contributed by atoms with van der Waals surface area (Å²) in [7, 11) is 0. The monoisotopic (exact) mass is 277 g/mol. The zero-order valence-corrected chi connectivity index (χ0v) is 13.2. The molecule has 0 aliphatic heterocycles. The van der Waals surface area contributed by atoms with E-state index in [-0.39, 0.29) is 0 Å². The van der Waals surface area contributed by atoms with Gasteiger partial charge in [-0.25, -0.2) is 4.98 Å². The van der Waals surface area contributed by atoms with Crippen LogP contribution in [0.5, 0.6) is 5.88 Å². The Morgan fingerprint density at radius 3 is 2.65 bits per heavy atom. The van der Waals surface area contributed by atoms with Crippen LogP contribution in [0.4, 0.5) is 5.82 Å². The SMILES string of the molecule is CCCNc1nc(C2CC2)nc(OCCC(C)C)c1C. The first-order valence-electron chi connectivity index (χ1n) is 7.87. The largest absolute Gasteiger partial charge is 0.477 e. The highest BCUT2D eigenvalue weighted by Gasteiger charge is 2.28. The van der Waals surface area contributed by atoms with Crippen molar-refractivity contribution in [3.8, 4) is 5.88 Å². The fourth-order valence-corrected chi connectivity index (χ4v) is 1.98. The Morgan fingerprint density at radius 1 is 1.30 bits per heavy atom. The smallest absolute Gasteiger partial charge is 0.221 e. The summed E-state index contributed by atoms with van der Waals surface area (Å²) in [6, 6.07) is 0. The van der Waals surface area contributed by atoms with Gasteiger partial charge in [0, 0.05) is 12.5 Å². The van der Waals surface area contributed by atoms with E-state index in [0.29, 0.717) is 11.8 Å². The topological polar surface area (TPSA) is 47.0 Å². The fraction of sp³-hybridized carbons (Fsp3) is 0.750. The van der Waals surface area contributed by atoms with Gasteiger partial charge in [0.15, 0.2) is 0 Å². The van der Waals surface area contributed by atoms with Gasteiger partial charge in [-0.05, 0) is 38.5 Å². The van der Waals surface area contributed by atoms with Crippen LogP contribution in [0.2, 0.25) is 0 Å². The molecule has 1 aromatic heterocycles. The van der Waals surface area contributed by atoms with Gasteiger partial charge in [0.25, 0.3) is 0 Å². The van der Waals surface area contributed by atoms with Crippen LogP contribution in [0, 0.1) is 12.8 Å². The van der Waals surface area contributed by atoms with E-state index in [4.69, 9.17) is 4.74 Å². The Hall–Kier alpha value is -1.32. The number of nitrogens with zero attached hydrogens (tertiary/aromatic N) is 2. The number of aromatic nitrogens is 2. The van der Waals surface area contributed by atoms with Crippen LogP contribution in [-0.4, -0.2) is 23.1 Å². The molecule has 1 aromatic rings. The van der Waals surface area contributed by atoms with Gasteiger partial charge < -0.3 is 10.1 Å². The highest BCUT2D eigenvalue weighted by atomic mass is 16.5. The van der Waals surface area contributed by atoms with Crippen molar-refractivity contribution in [2.45, 2.75) is 59.3 Å². The summed E-state index contributed by atoms with van der Waals surface area (Å²) in [5.41, 5.74) is 1.03. The molecule has 1 saturated carbocycles. The van der Waals surface area contributed by atoms with Gasteiger partial charge in [0.1, 0.15) is 11.6 Å². The third kappa shape index (κ3) is 4.09. The molecule has 1 heterocycles. The summed E-state index contributed by atoms with van der Waals surface area (Å²) in [5, 5.41) is 3.39. The number of hydrogen-bond donors (Lipinski definition) is 1. The van der Waals surface area contributed by atoms with Crippen molar-refractivity contribution in [2.24, 2.45) is 5.92 Å². The standard InChI is InChI=1S/C16H27N3O/c1-5-9-17-14-12(4)16(20-10-8-11(2)3)19-15(18-14)13-6-7-13/h11,13H,5-10H2,1-4H3,(H,17,18,19). The molecule has 0 amide bonds.